The largest absolute Gasteiger partial charge is 0.493 e. The van der Waals surface area contributed by atoms with Crippen molar-refractivity contribution in [3.05, 3.63) is 65.2 Å². The van der Waals surface area contributed by atoms with Crippen LogP contribution in [0.15, 0.2) is 48.5 Å². The molecule has 9 nitrogen and oxygen atoms in total. The van der Waals surface area contributed by atoms with Crippen LogP contribution >= 0.6 is 0 Å². The minimum Gasteiger partial charge on any atom is -0.493 e. The molecule has 0 bridgehead atoms. The van der Waals surface area contributed by atoms with Crippen LogP contribution in [0, 0.1) is 0 Å². The topological polar surface area (TPSA) is 93.7 Å². The lowest BCUT2D eigenvalue weighted by Gasteiger charge is -2.15. The highest BCUT2D eigenvalue weighted by Crippen LogP contribution is 2.40. The SMILES string of the molecule is COc1ccc(/C=C/C(=O)Nc2cc(C=Cc3cc(OC)c(OC)c(OC)c3)cc(OC)c2OC)cc1OC. The molecule has 0 spiro atoms. The van der Waals surface area contributed by atoms with Crippen molar-refractivity contribution in [1.29, 1.82) is 0 Å². The maximum absolute atomic E-state index is 12.8. The normalized spacial score (nSPS) is 10.8. The average Bonchev–Trinajstić information content (AvgIpc) is 2.97. The maximum atomic E-state index is 12.8. The molecule has 0 aliphatic heterocycles. The standard InChI is InChI=1S/C30H33NO8/c1-33-23-12-10-19(15-24(23)34-2)11-13-28(32)31-22-14-20(16-25(35-3)29(22)38-6)8-9-21-17-26(36-4)30(39-7)27(18-21)37-5/h8-18H,1-7H3,(H,31,32)/b9-8?,13-11+. The lowest BCUT2D eigenvalue weighted by Crippen LogP contribution is -2.09. The summed E-state index contributed by atoms with van der Waals surface area (Å²) in [5.74, 6) is 3.27. The first-order valence-electron chi connectivity index (χ1n) is 11.9. The van der Waals surface area contributed by atoms with E-state index in [1.165, 1.54) is 20.3 Å². The molecule has 0 saturated heterocycles. The lowest BCUT2D eigenvalue weighted by molar-refractivity contribution is -0.111. The number of carbonyl (C=O) groups is 1. The zero-order valence-electron chi connectivity index (χ0n) is 23.1. The summed E-state index contributed by atoms with van der Waals surface area (Å²) < 4.78 is 37.9. The maximum Gasteiger partial charge on any atom is 0.248 e. The molecule has 3 aromatic carbocycles. The Morgan fingerprint density at radius 2 is 1.03 bits per heavy atom. The Labute approximate surface area is 228 Å². The molecule has 0 heterocycles. The third-order valence-electron chi connectivity index (χ3n) is 5.75. The molecule has 3 rings (SSSR count). The van der Waals surface area contributed by atoms with Gasteiger partial charge >= 0.3 is 0 Å². The molecule has 0 radical (unpaired) electrons. The van der Waals surface area contributed by atoms with E-state index in [0.29, 0.717) is 45.9 Å². The van der Waals surface area contributed by atoms with Gasteiger partial charge in [-0.2, -0.15) is 0 Å². The van der Waals surface area contributed by atoms with E-state index in [-0.39, 0.29) is 5.91 Å². The number of hydrogen-bond donors (Lipinski definition) is 1. The van der Waals surface area contributed by atoms with Crippen LogP contribution in [0.25, 0.3) is 18.2 Å². The zero-order chi connectivity index (χ0) is 28.4. The number of amides is 1. The molecule has 206 valence electrons. The first kappa shape index (κ1) is 28.8. The Kier molecular flexibility index (Phi) is 10.1. The summed E-state index contributed by atoms with van der Waals surface area (Å²) in [6.07, 6.45) is 6.85. The quantitative estimate of drug-likeness (QED) is 0.238. The van der Waals surface area contributed by atoms with Crippen molar-refractivity contribution < 1.29 is 38.0 Å². The number of hydrogen-bond acceptors (Lipinski definition) is 8. The molecule has 0 atom stereocenters. The van der Waals surface area contributed by atoms with Gasteiger partial charge in [0.15, 0.2) is 34.5 Å². The smallest absolute Gasteiger partial charge is 0.248 e. The van der Waals surface area contributed by atoms with Gasteiger partial charge in [0.05, 0.1) is 55.5 Å². The van der Waals surface area contributed by atoms with Gasteiger partial charge in [-0.3, -0.25) is 4.79 Å². The Morgan fingerprint density at radius 3 is 1.54 bits per heavy atom. The van der Waals surface area contributed by atoms with Crippen LogP contribution < -0.4 is 38.5 Å². The molecular formula is C30H33NO8. The number of benzene rings is 3. The van der Waals surface area contributed by atoms with Crippen molar-refractivity contribution in [3.8, 4) is 40.2 Å². The van der Waals surface area contributed by atoms with Gasteiger partial charge in [0, 0.05) is 6.08 Å². The van der Waals surface area contributed by atoms with E-state index < -0.39 is 0 Å². The molecule has 1 amide bonds. The van der Waals surface area contributed by atoms with E-state index in [4.69, 9.17) is 33.2 Å². The molecule has 39 heavy (non-hydrogen) atoms. The number of carbonyl (C=O) groups excluding carboxylic acids is 1. The summed E-state index contributed by atoms with van der Waals surface area (Å²) in [6, 6.07) is 12.6. The molecule has 1 N–H and O–H groups in total. The first-order chi connectivity index (χ1) is 18.9. The Hall–Kier alpha value is -4.79. The monoisotopic (exact) mass is 535 g/mol. The molecule has 0 aromatic heterocycles. The lowest BCUT2D eigenvalue weighted by atomic mass is 10.1. The van der Waals surface area contributed by atoms with Crippen LogP contribution in [-0.4, -0.2) is 55.7 Å². The van der Waals surface area contributed by atoms with Gasteiger partial charge in [0.2, 0.25) is 11.7 Å². The molecule has 0 aliphatic carbocycles. The van der Waals surface area contributed by atoms with Crippen LogP contribution in [0.5, 0.6) is 40.2 Å². The van der Waals surface area contributed by atoms with E-state index in [1.807, 2.05) is 36.4 Å². The Morgan fingerprint density at radius 1 is 0.538 bits per heavy atom. The average molecular weight is 536 g/mol. The minimum absolute atomic E-state index is 0.351. The Bertz CT molecular complexity index is 1340. The molecular weight excluding hydrogens is 502 g/mol. The van der Waals surface area contributed by atoms with Crippen molar-refractivity contribution >= 4 is 29.8 Å². The van der Waals surface area contributed by atoms with Crippen LogP contribution in [-0.2, 0) is 4.79 Å². The third-order valence-corrected chi connectivity index (χ3v) is 5.75. The summed E-state index contributed by atoms with van der Waals surface area (Å²) in [5, 5.41) is 2.87. The number of methoxy groups -OCH3 is 7. The van der Waals surface area contributed by atoms with Crippen molar-refractivity contribution in [3.63, 3.8) is 0 Å². The van der Waals surface area contributed by atoms with E-state index in [9.17, 15) is 4.79 Å². The van der Waals surface area contributed by atoms with E-state index in [1.54, 1.807) is 59.8 Å². The first-order valence-corrected chi connectivity index (χ1v) is 11.9. The summed E-state index contributed by atoms with van der Waals surface area (Å²) in [5.41, 5.74) is 2.81. The van der Waals surface area contributed by atoms with Crippen LogP contribution in [0.1, 0.15) is 16.7 Å². The fourth-order valence-corrected chi connectivity index (χ4v) is 3.87. The number of ether oxygens (including phenoxy) is 7. The van der Waals surface area contributed by atoms with Crippen molar-refractivity contribution in [2.24, 2.45) is 0 Å². The predicted octanol–water partition coefficient (Wildman–Crippen LogP) is 5.57. The summed E-state index contributed by atoms with van der Waals surface area (Å²) in [6.45, 7) is 0. The van der Waals surface area contributed by atoms with Gasteiger partial charge < -0.3 is 38.5 Å². The van der Waals surface area contributed by atoms with E-state index >= 15 is 0 Å². The molecule has 0 fully saturated rings. The summed E-state index contributed by atoms with van der Waals surface area (Å²) >= 11 is 0. The fourth-order valence-electron chi connectivity index (χ4n) is 3.87. The second kappa shape index (κ2) is 13.7. The van der Waals surface area contributed by atoms with Gasteiger partial charge in [0.1, 0.15) is 0 Å². The number of anilines is 1. The van der Waals surface area contributed by atoms with Gasteiger partial charge in [-0.25, -0.2) is 0 Å². The van der Waals surface area contributed by atoms with Crippen LogP contribution in [0.2, 0.25) is 0 Å². The van der Waals surface area contributed by atoms with E-state index in [0.717, 1.165) is 16.7 Å². The van der Waals surface area contributed by atoms with Crippen molar-refractivity contribution in [1.82, 2.24) is 0 Å². The van der Waals surface area contributed by atoms with Crippen LogP contribution in [0.4, 0.5) is 5.69 Å². The summed E-state index contributed by atoms with van der Waals surface area (Å²) in [4.78, 5) is 12.8. The fraction of sp³-hybridized carbons (Fsp3) is 0.233. The highest BCUT2D eigenvalue weighted by Gasteiger charge is 2.15. The number of rotatable bonds is 12. The predicted molar refractivity (Wildman–Crippen MR) is 152 cm³/mol. The zero-order valence-corrected chi connectivity index (χ0v) is 23.1. The van der Waals surface area contributed by atoms with Gasteiger partial charge in [-0.15, -0.1) is 0 Å². The third kappa shape index (κ3) is 6.95. The van der Waals surface area contributed by atoms with E-state index in [2.05, 4.69) is 5.32 Å². The molecule has 0 unspecified atom stereocenters. The number of nitrogens with one attached hydrogen (secondary N) is 1. The highest BCUT2D eigenvalue weighted by atomic mass is 16.5. The molecule has 0 aliphatic rings. The molecule has 0 saturated carbocycles. The van der Waals surface area contributed by atoms with Crippen molar-refractivity contribution in [2.45, 2.75) is 0 Å². The molecule has 3 aromatic rings. The van der Waals surface area contributed by atoms with Gasteiger partial charge in [-0.05, 0) is 59.2 Å². The molecule has 9 heteroatoms. The Balaban J connectivity index is 1.89. The van der Waals surface area contributed by atoms with Gasteiger partial charge in [0.25, 0.3) is 0 Å². The second-order valence-electron chi connectivity index (χ2n) is 8.03. The second-order valence-corrected chi connectivity index (χ2v) is 8.03. The van der Waals surface area contributed by atoms with Crippen LogP contribution in [0.3, 0.4) is 0 Å². The van der Waals surface area contributed by atoms with Crippen molar-refractivity contribution in [2.75, 3.05) is 55.1 Å². The minimum atomic E-state index is -0.351. The van der Waals surface area contributed by atoms with Gasteiger partial charge in [-0.1, -0.05) is 18.2 Å². The summed E-state index contributed by atoms with van der Waals surface area (Å²) in [7, 11) is 10.8. The highest BCUT2D eigenvalue weighted by molar-refractivity contribution is 6.03.